The van der Waals surface area contributed by atoms with Crippen molar-refractivity contribution in [2.75, 3.05) is 6.61 Å². The van der Waals surface area contributed by atoms with Crippen LogP contribution in [0.15, 0.2) is 72.8 Å². The molecule has 0 heterocycles. The van der Waals surface area contributed by atoms with Crippen molar-refractivity contribution in [2.24, 2.45) is 0 Å². The number of rotatable bonds is 14. The number of carbonyl (C=O) groups is 1. The van der Waals surface area contributed by atoms with Crippen LogP contribution in [-0.4, -0.2) is 18.7 Å². The van der Waals surface area contributed by atoms with Crippen LogP contribution in [0.4, 0.5) is 4.39 Å². The van der Waals surface area contributed by atoms with Crippen molar-refractivity contribution in [3.8, 4) is 22.6 Å². The van der Waals surface area contributed by atoms with Gasteiger partial charge < -0.3 is 14.2 Å². The maximum atomic E-state index is 14.5. The first-order chi connectivity index (χ1) is 17.1. The molecule has 1 atom stereocenters. The second-order valence-corrected chi connectivity index (χ2v) is 8.64. The van der Waals surface area contributed by atoms with Gasteiger partial charge in [-0.05, 0) is 54.3 Å². The predicted octanol–water partition coefficient (Wildman–Crippen LogP) is 7.74. The van der Waals surface area contributed by atoms with Crippen LogP contribution in [-0.2, 0) is 16.1 Å². The van der Waals surface area contributed by atoms with E-state index in [1.165, 1.54) is 31.7 Å². The smallest absolute Gasteiger partial charge is 0.347 e. The molecule has 0 aliphatic heterocycles. The van der Waals surface area contributed by atoms with Crippen LogP contribution in [0.1, 0.15) is 57.9 Å². The topological polar surface area (TPSA) is 44.8 Å². The second-order valence-electron chi connectivity index (χ2n) is 8.64. The quantitative estimate of drug-likeness (QED) is 0.176. The molecule has 0 aliphatic rings. The van der Waals surface area contributed by atoms with Crippen LogP contribution < -0.4 is 9.47 Å². The van der Waals surface area contributed by atoms with Gasteiger partial charge in [-0.3, -0.25) is 0 Å². The fourth-order valence-electron chi connectivity index (χ4n) is 3.69. The highest BCUT2D eigenvalue weighted by molar-refractivity contribution is 5.74. The molecule has 0 amide bonds. The number of ether oxygens (including phenoxy) is 3. The molecule has 5 heteroatoms. The molecule has 0 fully saturated rings. The number of halogens is 1. The van der Waals surface area contributed by atoms with Crippen LogP contribution in [0.25, 0.3) is 11.1 Å². The van der Waals surface area contributed by atoms with Crippen LogP contribution in [0.5, 0.6) is 11.5 Å². The third-order valence-corrected chi connectivity index (χ3v) is 5.74. The molecule has 3 rings (SSSR count). The Balaban J connectivity index is 1.47. The van der Waals surface area contributed by atoms with Gasteiger partial charge in [0.2, 0.25) is 0 Å². The molecule has 35 heavy (non-hydrogen) atoms. The van der Waals surface area contributed by atoms with Crippen molar-refractivity contribution in [1.29, 1.82) is 0 Å². The van der Waals surface area contributed by atoms with E-state index in [9.17, 15) is 9.18 Å². The average molecular weight is 479 g/mol. The summed E-state index contributed by atoms with van der Waals surface area (Å²) in [6.45, 7) is 4.59. The highest BCUT2D eigenvalue weighted by atomic mass is 19.1. The van der Waals surface area contributed by atoms with Crippen molar-refractivity contribution in [3.63, 3.8) is 0 Å². The summed E-state index contributed by atoms with van der Waals surface area (Å²) in [6.07, 6.45) is 6.25. The van der Waals surface area contributed by atoms with Crippen molar-refractivity contribution in [3.05, 3.63) is 84.2 Å². The molecule has 0 saturated heterocycles. The van der Waals surface area contributed by atoms with Gasteiger partial charge in [-0.2, -0.15) is 0 Å². The van der Waals surface area contributed by atoms with Crippen molar-refractivity contribution in [2.45, 2.75) is 65.1 Å². The summed E-state index contributed by atoms with van der Waals surface area (Å²) in [6, 6.07) is 21.7. The Bertz CT molecular complexity index is 1030. The summed E-state index contributed by atoms with van der Waals surface area (Å²) in [4.78, 5) is 12.2. The van der Waals surface area contributed by atoms with Crippen LogP contribution in [0.3, 0.4) is 0 Å². The zero-order chi connectivity index (χ0) is 24.9. The zero-order valence-corrected chi connectivity index (χ0v) is 20.7. The van der Waals surface area contributed by atoms with E-state index in [4.69, 9.17) is 14.2 Å². The summed E-state index contributed by atoms with van der Waals surface area (Å²) in [5.41, 5.74) is 2.51. The lowest BCUT2D eigenvalue weighted by atomic mass is 10.1. The molecule has 0 spiro atoms. The van der Waals surface area contributed by atoms with E-state index in [1.54, 1.807) is 25.1 Å². The molecular weight excluding hydrogens is 443 g/mol. The van der Waals surface area contributed by atoms with E-state index in [-0.39, 0.29) is 18.2 Å². The van der Waals surface area contributed by atoms with E-state index >= 15 is 0 Å². The standard InChI is InChI=1S/C30H35FO4/c1-3-4-5-6-7-11-20-33-29-19-16-26(21-28(29)31)25-14-17-27(18-15-25)35-23(2)30(32)34-22-24-12-9-8-10-13-24/h8-10,12-19,21,23H,3-7,11,20,22H2,1-2H3. The Hall–Kier alpha value is -3.34. The average Bonchev–Trinajstić information content (AvgIpc) is 2.88. The summed E-state index contributed by atoms with van der Waals surface area (Å²) in [7, 11) is 0. The molecule has 186 valence electrons. The maximum Gasteiger partial charge on any atom is 0.347 e. The number of carbonyl (C=O) groups excluding carboxylic acids is 1. The van der Waals surface area contributed by atoms with Crippen molar-refractivity contribution >= 4 is 5.97 Å². The fourth-order valence-corrected chi connectivity index (χ4v) is 3.69. The third kappa shape index (κ3) is 8.75. The molecule has 1 unspecified atom stereocenters. The zero-order valence-electron chi connectivity index (χ0n) is 20.7. The predicted molar refractivity (Wildman–Crippen MR) is 137 cm³/mol. The number of hydrogen-bond donors (Lipinski definition) is 0. The first-order valence-corrected chi connectivity index (χ1v) is 12.5. The Labute approximate surface area is 208 Å². The Morgan fingerprint density at radius 3 is 2.26 bits per heavy atom. The third-order valence-electron chi connectivity index (χ3n) is 5.74. The van der Waals surface area contributed by atoms with Crippen LogP contribution in [0.2, 0.25) is 0 Å². The van der Waals surface area contributed by atoms with Gasteiger partial charge in [0.15, 0.2) is 17.7 Å². The molecule has 0 aromatic heterocycles. The van der Waals surface area contributed by atoms with E-state index < -0.39 is 12.1 Å². The number of benzene rings is 3. The van der Waals surface area contributed by atoms with E-state index in [2.05, 4.69) is 6.92 Å². The molecule has 0 bridgehead atoms. The first kappa shape index (κ1) is 26.3. The van der Waals surface area contributed by atoms with E-state index in [1.807, 2.05) is 48.5 Å². The molecule has 4 nitrogen and oxygen atoms in total. The van der Waals surface area contributed by atoms with Gasteiger partial charge in [-0.1, -0.05) is 87.6 Å². The van der Waals surface area contributed by atoms with Crippen molar-refractivity contribution < 1.29 is 23.4 Å². The number of hydrogen-bond acceptors (Lipinski definition) is 4. The Morgan fingerprint density at radius 2 is 1.54 bits per heavy atom. The molecule has 0 aliphatic carbocycles. The van der Waals surface area contributed by atoms with Crippen LogP contribution in [0, 0.1) is 5.82 Å². The minimum Gasteiger partial charge on any atom is -0.491 e. The fraction of sp³-hybridized carbons (Fsp3) is 0.367. The van der Waals surface area contributed by atoms with Gasteiger partial charge in [-0.15, -0.1) is 0 Å². The van der Waals surface area contributed by atoms with Gasteiger partial charge in [0, 0.05) is 0 Å². The molecular formula is C30H35FO4. The van der Waals surface area contributed by atoms with Gasteiger partial charge in [0.05, 0.1) is 6.61 Å². The van der Waals surface area contributed by atoms with Gasteiger partial charge >= 0.3 is 5.97 Å². The van der Waals surface area contributed by atoms with Crippen LogP contribution >= 0.6 is 0 Å². The van der Waals surface area contributed by atoms with Gasteiger partial charge in [0.1, 0.15) is 12.4 Å². The largest absolute Gasteiger partial charge is 0.491 e. The molecule has 0 saturated carbocycles. The van der Waals surface area contributed by atoms with E-state index in [0.717, 1.165) is 29.5 Å². The molecule has 3 aromatic rings. The number of esters is 1. The van der Waals surface area contributed by atoms with Crippen molar-refractivity contribution in [1.82, 2.24) is 0 Å². The number of unbranched alkanes of at least 4 members (excludes halogenated alkanes) is 5. The Morgan fingerprint density at radius 1 is 0.857 bits per heavy atom. The molecule has 0 N–H and O–H groups in total. The monoisotopic (exact) mass is 478 g/mol. The SMILES string of the molecule is CCCCCCCCOc1ccc(-c2ccc(OC(C)C(=O)OCc3ccccc3)cc2)cc1F. The van der Waals surface area contributed by atoms with E-state index in [0.29, 0.717) is 12.4 Å². The second kappa shape index (κ2) is 14.1. The Kier molecular flexibility index (Phi) is 10.6. The summed E-state index contributed by atoms with van der Waals surface area (Å²) < 4.78 is 31.2. The normalized spacial score (nSPS) is 11.6. The van der Waals surface area contributed by atoms with Gasteiger partial charge in [-0.25, -0.2) is 9.18 Å². The highest BCUT2D eigenvalue weighted by Crippen LogP contribution is 2.27. The lowest BCUT2D eigenvalue weighted by molar-refractivity contribution is -0.152. The minimum absolute atomic E-state index is 0.205. The highest BCUT2D eigenvalue weighted by Gasteiger charge is 2.16. The summed E-state index contributed by atoms with van der Waals surface area (Å²) in [5, 5.41) is 0. The molecule has 0 radical (unpaired) electrons. The lowest BCUT2D eigenvalue weighted by Crippen LogP contribution is -2.26. The maximum absolute atomic E-state index is 14.5. The molecule has 3 aromatic carbocycles. The lowest BCUT2D eigenvalue weighted by Gasteiger charge is -2.14. The van der Waals surface area contributed by atoms with Gasteiger partial charge in [0.25, 0.3) is 0 Å². The summed E-state index contributed by atoms with van der Waals surface area (Å²) >= 11 is 0. The minimum atomic E-state index is -0.745. The summed E-state index contributed by atoms with van der Waals surface area (Å²) in [5.74, 6) is 0.0162. The first-order valence-electron chi connectivity index (χ1n) is 12.5.